The fraction of sp³-hybridized carbons (Fsp3) is 0.500. The minimum absolute atomic E-state index is 0. The highest BCUT2D eigenvalue weighted by atomic mass is 35.5. The quantitative estimate of drug-likeness (QED) is 0.915. The summed E-state index contributed by atoms with van der Waals surface area (Å²) < 4.78 is 26.9. The van der Waals surface area contributed by atoms with Crippen molar-refractivity contribution in [2.45, 2.75) is 30.7 Å². The number of hydrogen-bond acceptors (Lipinski definition) is 4. The summed E-state index contributed by atoms with van der Waals surface area (Å²) in [4.78, 5) is 0.112. The molecule has 7 heteroatoms. The van der Waals surface area contributed by atoms with Crippen molar-refractivity contribution in [3.05, 3.63) is 29.3 Å². The Labute approximate surface area is 132 Å². The molecule has 1 N–H and O–H groups in total. The van der Waals surface area contributed by atoms with E-state index < -0.39 is 10.0 Å². The van der Waals surface area contributed by atoms with E-state index in [1.165, 1.54) is 10.4 Å². The van der Waals surface area contributed by atoms with Crippen LogP contribution in [0.5, 0.6) is 0 Å². The molecule has 116 valence electrons. The third-order valence-corrected chi connectivity index (χ3v) is 5.78. The van der Waals surface area contributed by atoms with Crippen molar-refractivity contribution >= 4 is 22.4 Å². The first-order valence-electron chi connectivity index (χ1n) is 6.67. The number of nitrogens with zero attached hydrogens (tertiary/aromatic N) is 2. The maximum absolute atomic E-state index is 12.7. The Bertz CT molecular complexity index is 634. The average molecular weight is 330 g/mol. The van der Waals surface area contributed by atoms with Crippen LogP contribution in [0, 0.1) is 18.3 Å². The van der Waals surface area contributed by atoms with E-state index in [0.717, 1.165) is 25.9 Å². The summed E-state index contributed by atoms with van der Waals surface area (Å²) in [7, 11) is -2.01. The molecule has 1 aromatic carbocycles. The van der Waals surface area contributed by atoms with Crippen LogP contribution in [-0.2, 0) is 10.0 Å². The Morgan fingerprint density at radius 2 is 1.95 bits per heavy atom. The van der Waals surface area contributed by atoms with Crippen LogP contribution in [0.15, 0.2) is 23.1 Å². The number of nitrogens with one attached hydrogen (secondary N) is 1. The summed E-state index contributed by atoms with van der Waals surface area (Å²) in [6.07, 6.45) is 1.59. The first-order chi connectivity index (χ1) is 9.48. The number of nitriles is 1. The van der Waals surface area contributed by atoms with Crippen LogP contribution < -0.4 is 5.32 Å². The lowest BCUT2D eigenvalue weighted by atomic mass is 10.1. The van der Waals surface area contributed by atoms with Crippen molar-refractivity contribution in [1.82, 2.24) is 9.62 Å². The zero-order valence-corrected chi connectivity index (χ0v) is 13.8. The third-order valence-electron chi connectivity index (χ3n) is 3.83. The molecule has 0 atom stereocenters. The van der Waals surface area contributed by atoms with E-state index in [1.54, 1.807) is 26.1 Å². The molecule has 1 fully saturated rings. The molecule has 0 radical (unpaired) electrons. The van der Waals surface area contributed by atoms with Crippen LogP contribution in [0.1, 0.15) is 24.0 Å². The number of aryl methyl sites for hydroxylation is 1. The highest BCUT2D eigenvalue weighted by Crippen LogP contribution is 2.25. The molecule has 21 heavy (non-hydrogen) atoms. The van der Waals surface area contributed by atoms with Crippen LogP contribution in [0.2, 0.25) is 0 Å². The second kappa shape index (κ2) is 7.23. The fourth-order valence-electron chi connectivity index (χ4n) is 2.52. The molecule has 5 nitrogen and oxygen atoms in total. The van der Waals surface area contributed by atoms with Gasteiger partial charge in [0, 0.05) is 13.1 Å². The molecule has 0 spiro atoms. The van der Waals surface area contributed by atoms with Gasteiger partial charge in [0.05, 0.1) is 5.56 Å². The maximum Gasteiger partial charge on any atom is 0.244 e. The van der Waals surface area contributed by atoms with Crippen LogP contribution in [0.25, 0.3) is 0 Å². The fourth-order valence-corrected chi connectivity index (χ4v) is 4.15. The summed E-state index contributed by atoms with van der Waals surface area (Å²) >= 11 is 0. The van der Waals surface area contributed by atoms with Gasteiger partial charge in [-0.05, 0) is 44.5 Å². The molecule has 0 unspecified atom stereocenters. The smallest absolute Gasteiger partial charge is 0.244 e. The molecule has 1 heterocycles. The van der Waals surface area contributed by atoms with Crippen molar-refractivity contribution < 1.29 is 8.42 Å². The zero-order valence-electron chi connectivity index (χ0n) is 12.2. The summed E-state index contributed by atoms with van der Waals surface area (Å²) in [5, 5.41) is 12.4. The van der Waals surface area contributed by atoms with E-state index in [9.17, 15) is 13.7 Å². The Morgan fingerprint density at radius 1 is 1.33 bits per heavy atom. The van der Waals surface area contributed by atoms with E-state index in [2.05, 4.69) is 5.32 Å². The number of rotatable bonds is 3. The van der Waals surface area contributed by atoms with E-state index >= 15 is 0 Å². The van der Waals surface area contributed by atoms with Gasteiger partial charge in [0.2, 0.25) is 10.0 Å². The molecule has 1 aromatic rings. The van der Waals surface area contributed by atoms with Gasteiger partial charge in [0.15, 0.2) is 0 Å². The molecular formula is C14H20ClN3O2S. The highest BCUT2D eigenvalue weighted by Gasteiger charge is 2.31. The van der Waals surface area contributed by atoms with Crippen molar-refractivity contribution in [2.75, 3.05) is 20.1 Å². The zero-order chi connectivity index (χ0) is 14.8. The largest absolute Gasteiger partial charge is 0.317 e. The van der Waals surface area contributed by atoms with Gasteiger partial charge < -0.3 is 5.32 Å². The van der Waals surface area contributed by atoms with Gasteiger partial charge in [0.25, 0.3) is 0 Å². The van der Waals surface area contributed by atoms with Crippen LogP contribution in [-0.4, -0.2) is 38.9 Å². The van der Waals surface area contributed by atoms with Crippen molar-refractivity contribution in [2.24, 2.45) is 0 Å². The molecule has 0 aromatic heterocycles. The van der Waals surface area contributed by atoms with Crippen molar-refractivity contribution in [3.8, 4) is 6.07 Å². The van der Waals surface area contributed by atoms with Crippen LogP contribution in [0.4, 0.5) is 0 Å². The standard InChI is InChI=1S/C14H19N3O2S.ClH/c1-11-4-3-5-14(13(11)10-15)20(18,19)17(2)12-6-8-16-9-7-12;/h3-5,12,16H,6-9H2,1-2H3;1H. The molecule has 0 saturated carbocycles. The monoisotopic (exact) mass is 329 g/mol. The topological polar surface area (TPSA) is 73.2 Å². The number of sulfonamides is 1. The molecular weight excluding hydrogens is 310 g/mol. The highest BCUT2D eigenvalue weighted by molar-refractivity contribution is 7.89. The van der Waals surface area contributed by atoms with Gasteiger partial charge in [-0.3, -0.25) is 0 Å². The lowest BCUT2D eigenvalue weighted by Gasteiger charge is -2.31. The molecule has 0 amide bonds. The minimum atomic E-state index is -3.62. The Morgan fingerprint density at radius 3 is 2.52 bits per heavy atom. The molecule has 1 saturated heterocycles. The van der Waals surface area contributed by atoms with Crippen molar-refractivity contribution in [1.29, 1.82) is 5.26 Å². The van der Waals surface area contributed by atoms with E-state index in [-0.39, 0.29) is 28.9 Å². The summed E-state index contributed by atoms with van der Waals surface area (Å²) in [6, 6.07) is 6.95. The average Bonchev–Trinajstić information content (AvgIpc) is 2.47. The Hall–Kier alpha value is -1.13. The molecule has 2 rings (SSSR count). The minimum Gasteiger partial charge on any atom is -0.317 e. The summed E-state index contributed by atoms with van der Waals surface area (Å²) in [6.45, 7) is 3.40. The second-order valence-corrected chi connectivity index (χ2v) is 7.03. The number of piperidine rings is 1. The number of halogens is 1. The predicted molar refractivity (Wildman–Crippen MR) is 84.0 cm³/mol. The molecule has 1 aliphatic heterocycles. The first-order valence-corrected chi connectivity index (χ1v) is 8.11. The van der Waals surface area contributed by atoms with Gasteiger partial charge in [-0.1, -0.05) is 12.1 Å². The van der Waals surface area contributed by atoms with Crippen LogP contribution in [0.3, 0.4) is 0 Å². The third kappa shape index (κ3) is 3.55. The predicted octanol–water partition coefficient (Wildman–Crippen LogP) is 1.66. The van der Waals surface area contributed by atoms with Gasteiger partial charge >= 0.3 is 0 Å². The number of benzene rings is 1. The van der Waals surface area contributed by atoms with E-state index in [4.69, 9.17) is 0 Å². The first kappa shape index (κ1) is 17.9. The number of hydrogen-bond donors (Lipinski definition) is 1. The summed E-state index contributed by atoms with van der Waals surface area (Å²) in [5.74, 6) is 0. The summed E-state index contributed by atoms with van der Waals surface area (Å²) in [5.41, 5.74) is 0.931. The lowest BCUT2D eigenvalue weighted by Crippen LogP contribution is -2.44. The van der Waals surface area contributed by atoms with Gasteiger partial charge in [-0.2, -0.15) is 9.57 Å². The lowest BCUT2D eigenvalue weighted by molar-refractivity contribution is 0.296. The van der Waals surface area contributed by atoms with Gasteiger partial charge in [-0.25, -0.2) is 8.42 Å². The Kier molecular flexibility index (Phi) is 6.17. The SMILES string of the molecule is Cc1cccc(S(=O)(=O)N(C)C2CCNCC2)c1C#N.Cl. The van der Waals surface area contributed by atoms with E-state index in [1.807, 2.05) is 6.07 Å². The molecule has 0 aliphatic carbocycles. The van der Waals surface area contributed by atoms with Crippen molar-refractivity contribution in [3.63, 3.8) is 0 Å². The van der Waals surface area contributed by atoms with Gasteiger partial charge in [0.1, 0.15) is 11.0 Å². The second-order valence-electron chi connectivity index (χ2n) is 5.06. The van der Waals surface area contributed by atoms with Crippen LogP contribution >= 0.6 is 12.4 Å². The normalized spacial score (nSPS) is 16.3. The molecule has 0 bridgehead atoms. The Balaban J connectivity index is 0.00000220. The molecule has 1 aliphatic rings. The van der Waals surface area contributed by atoms with E-state index in [0.29, 0.717) is 5.56 Å². The maximum atomic E-state index is 12.7. The van der Waals surface area contributed by atoms with Gasteiger partial charge in [-0.15, -0.1) is 12.4 Å².